The zero-order valence-corrected chi connectivity index (χ0v) is 11.7. The molecule has 18 heavy (non-hydrogen) atoms. The van der Waals surface area contributed by atoms with Gasteiger partial charge in [0.25, 0.3) is 0 Å². The van der Waals surface area contributed by atoms with Crippen LogP contribution in [0.15, 0.2) is 12.4 Å². The average Bonchev–Trinajstić information content (AvgIpc) is 2.89. The summed E-state index contributed by atoms with van der Waals surface area (Å²) in [4.78, 5) is 11.0. The van der Waals surface area contributed by atoms with Gasteiger partial charge in [-0.1, -0.05) is 13.8 Å². The molecule has 0 saturated carbocycles. The Morgan fingerprint density at radius 3 is 2.67 bits per heavy atom. The van der Waals surface area contributed by atoms with E-state index < -0.39 is 0 Å². The lowest BCUT2D eigenvalue weighted by atomic mass is 10.1. The van der Waals surface area contributed by atoms with Crippen molar-refractivity contribution >= 4 is 5.95 Å². The van der Waals surface area contributed by atoms with Crippen LogP contribution in [0.1, 0.15) is 38.2 Å². The second kappa shape index (κ2) is 6.14. The minimum atomic E-state index is 0.494. The summed E-state index contributed by atoms with van der Waals surface area (Å²) in [6.45, 7) is 7.70. The highest BCUT2D eigenvalue weighted by Gasteiger charge is 2.15. The first kappa shape index (κ1) is 13.3. The Morgan fingerprint density at radius 1 is 1.39 bits per heavy atom. The fourth-order valence-corrected chi connectivity index (χ4v) is 2.26. The van der Waals surface area contributed by atoms with E-state index in [2.05, 4.69) is 41.1 Å². The lowest BCUT2D eigenvalue weighted by molar-refractivity contribution is 0.531. The third kappa shape index (κ3) is 3.42. The lowest BCUT2D eigenvalue weighted by Crippen LogP contribution is -2.23. The molecule has 1 N–H and O–H groups in total. The van der Waals surface area contributed by atoms with Gasteiger partial charge in [0.05, 0.1) is 0 Å². The summed E-state index contributed by atoms with van der Waals surface area (Å²) in [6, 6.07) is 0. The topological polar surface area (TPSA) is 41.1 Å². The first-order chi connectivity index (χ1) is 8.66. The molecular formula is C14H24N4. The second-order valence-electron chi connectivity index (χ2n) is 5.54. The number of nitrogens with one attached hydrogen (secondary N) is 1. The van der Waals surface area contributed by atoms with Gasteiger partial charge in [-0.05, 0) is 43.3 Å². The quantitative estimate of drug-likeness (QED) is 0.865. The molecule has 0 spiro atoms. The molecule has 100 valence electrons. The van der Waals surface area contributed by atoms with Crippen LogP contribution in [0, 0.1) is 5.92 Å². The Bertz CT molecular complexity index is 355. The third-order valence-electron chi connectivity index (χ3n) is 3.70. The van der Waals surface area contributed by atoms with E-state index in [1.54, 1.807) is 0 Å². The number of hydrogen-bond donors (Lipinski definition) is 1. The number of nitrogens with zero attached hydrogens (tertiary/aromatic N) is 3. The smallest absolute Gasteiger partial charge is 0.224 e. The summed E-state index contributed by atoms with van der Waals surface area (Å²) in [7, 11) is 2.08. The largest absolute Gasteiger partial charge is 0.344 e. The van der Waals surface area contributed by atoms with Gasteiger partial charge < -0.3 is 10.2 Å². The van der Waals surface area contributed by atoms with E-state index in [-0.39, 0.29) is 0 Å². The van der Waals surface area contributed by atoms with E-state index in [0.29, 0.717) is 5.92 Å². The molecule has 1 atom stereocenters. The van der Waals surface area contributed by atoms with Crippen LogP contribution in [0.2, 0.25) is 0 Å². The molecule has 4 nitrogen and oxygen atoms in total. The number of aromatic nitrogens is 2. The number of anilines is 1. The molecule has 1 aliphatic rings. The molecule has 0 aliphatic carbocycles. The van der Waals surface area contributed by atoms with Gasteiger partial charge >= 0.3 is 0 Å². The highest BCUT2D eigenvalue weighted by Crippen LogP contribution is 2.16. The van der Waals surface area contributed by atoms with Crippen LogP contribution in [0.3, 0.4) is 0 Å². The third-order valence-corrected chi connectivity index (χ3v) is 3.70. The molecule has 1 unspecified atom stereocenters. The molecule has 0 radical (unpaired) electrons. The fraction of sp³-hybridized carbons (Fsp3) is 0.714. The van der Waals surface area contributed by atoms with Crippen LogP contribution >= 0.6 is 0 Å². The zero-order chi connectivity index (χ0) is 13.0. The molecule has 1 aliphatic heterocycles. The maximum atomic E-state index is 4.44. The van der Waals surface area contributed by atoms with E-state index in [0.717, 1.165) is 18.4 Å². The molecule has 2 rings (SSSR count). The summed E-state index contributed by atoms with van der Waals surface area (Å²) in [6.07, 6.45) is 6.42. The molecule has 0 bridgehead atoms. The van der Waals surface area contributed by atoms with Crippen molar-refractivity contribution < 1.29 is 0 Å². The minimum absolute atomic E-state index is 0.494. The minimum Gasteiger partial charge on any atom is -0.344 e. The van der Waals surface area contributed by atoms with Crippen LogP contribution in [-0.4, -0.2) is 36.6 Å². The van der Waals surface area contributed by atoms with E-state index in [1.807, 2.05) is 12.4 Å². The highest BCUT2D eigenvalue weighted by molar-refractivity contribution is 5.28. The normalized spacial score (nSPS) is 19.4. The van der Waals surface area contributed by atoms with Crippen molar-refractivity contribution in [2.45, 2.75) is 32.6 Å². The average molecular weight is 248 g/mol. The predicted molar refractivity (Wildman–Crippen MR) is 75.0 cm³/mol. The monoisotopic (exact) mass is 248 g/mol. The maximum Gasteiger partial charge on any atom is 0.224 e. The van der Waals surface area contributed by atoms with Crippen LogP contribution in [0.5, 0.6) is 0 Å². The van der Waals surface area contributed by atoms with Crippen molar-refractivity contribution in [2.75, 3.05) is 31.6 Å². The summed E-state index contributed by atoms with van der Waals surface area (Å²) in [5.74, 6) is 2.15. The van der Waals surface area contributed by atoms with E-state index >= 15 is 0 Å². The first-order valence-corrected chi connectivity index (χ1v) is 6.90. The molecule has 1 aromatic heterocycles. The maximum absolute atomic E-state index is 4.44. The summed E-state index contributed by atoms with van der Waals surface area (Å²) < 4.78 is 0. The van der Waals surface area contributed by atoms with Crippen molar-refractivity contribution in [1.82, 2.24) is 15.3 Å². The SMILES string of the molecule is CC(C)c1cnc(N(C)CCC2CCNC2)nc1. The summed E-state index contributed by atoms with van der Waals surface area (Å²) >= 11 is 0. The second-order valence-corrected chi connectivity index (χ2v) is 5.54. The predicted octanol–water partition coefficient (Wildman–Crippen LogP) is 2.04. The van der Waals surface area contributed by atoms with Gasteiger partial charge in [0.1, 0.15) is 0 Å². The Morgan fingerprint density at radius 2 is 2.11 bits per heavy atom. The fourth-order valence-electron chi connectivity index (χ4n) is 2.26. The lowest BCUT2D eigenvalue weighted by Gasteiger charge is -2.19. The van der Waals surface area contributed by atoms with E-state index in [4.69, 9.17) is 0 Å². The van der Waals surface area contributed by atoms with Crippen molar-refractivity contribution in [3.8, 4) is 0 Å². The molecule has 2 heterocycles. The van der Waals surface area contributed by atoms with Crippen molar-refractivity contribution in [2.24, 2.45) is 5.92 Å². The van der Waals surface area contributed by atoms with Gasteiger partial charge in [-0.3, -0.25) is 0 Å². The van der Waals surface area contributed by atoms with Crippen LogP contribution in [-0.2, 0) is 0 Å². The van der Waals surface area contributed by atoms with Crippen molar-refractivity contribution in [1.29, 1.82) is 0 Å². The summed E-state index contributed by atoms with van der Waals surface area (Å²) in [5.41, 5.74) is 1.20. The molecule has 4 heteroatoms. The molecule has 1 fully saturated rings. The van der Waals surface area contributed by atoms with Crippen LogP contribution < -0.4 is 10.2 Å². The van der Waals surface area contributed by atoms with Gasteiger partial charge in [-0.15, -0.1) is 0 Å². The first-order valence-electron chi connectivity index (χ1n) is 6.90. The van der Waals surface area contributed by atoms with Crippen molar-refractivity contribution in [3.63, 3.8) is 0 Å². The van der Waals surface area contributed by atoms with E-state index in [9.17, 15) is 0 Å². The Balaban J connectivity index is 1.85. The molecular weight excluding hydrogens is 224 g/mol. The van der Waals surface area contributed by atoms with Gasteiger partial charge in [0.15, 0.2) is 0 Å². The Labute approximate surface area is 110 Å². The molecule has 0 amide bonds. The van der Waals surface area contributed by atoms with Gasteiger partial charge in [-0.2, -0.15) is 0 Å². The van der Waals surface area contributed by atoms with Gasteiger partial charge in [0, 0.05) is 26.0 Å². The van der Waals surface area contributed by atoms with Crippen molar-refractivity contribution in [3.05, 3.63) is 18.0 Å². The van der Waals surface area contributed by atoms with E-state index in [1.165, 1.54) is 31.5 Å². The van der Waals surface area contributed by atoms with Gasteiger partial charge in [-0.25, -0.2) is 9.97 Å². The summed E-state index contributed by atoms with van der Waals surface area (Å²) in [5, 5.41) is 3.41. The Hall–Kier alpha value is -1.16. The van der Waals surface area contributed by atoms with Gasteiger partial charge in [0.2, 0.25) is 5.95 Å². The molecule has 1 saturated heterocycles. The number of rotatable bonds is 5. The van der Waals surface area contributed by atoms with Crippen LogP contribution in [0.4, 0.5) is 5.95 Å². The number of hydrogen-bond acceptors (Lipinski definition) is 4. The molecule has 1 aromatic rings. The Kier molecular flexibility index (Phi) is 4.53. The standard InChI is InChI=1S/C14H24N4/c1-11(2)13-9-16-14(17-10-13)18(3)7-5-12-4-6-15-8-12/h9-12,15H,4-8H2,1-3H3. The molecule has 0 aromatic carbocycles. The zero-order valence-electron chi connectivity index (χ0n) is 11.7. The highest BCUT2D eigenvalue weighted by atomic mass is 15.2. The van der Waals surface area contributed by atoms with Crippen LogP contribution in [0.25, 0.3) is 0 Å².